The molecule has 3 aromatic rings. The zero-order valence-corrected chi connectivity index (χ0v) is 18.6. The van der Waals surface area contributed by atoms with Crippen molar-refractivity contribution in [2.75, 3.05) is 18.9 Å². The van der Waals surface area contributed by atoms with Gasteiger partial charge in [0.25, 0.3) is 5.91 Å². The Morgan fingerprint density at radius 1 is 1.13 bits per heavy atom. The summed E-state index contributed by atoms with van der Waals surface area (Å²) in [5.41, 5.74) is 1.63. The second kappa shape index (κ2) is 10.0. The number of thioether (sulfide) groups is 1. The number of halogens is 2. The van der Waals surface area contributed by atoms with E-state index in [1.165, 1.54) is 16.7 Å². The average molecular weight is 464 g/mol. The monoisotopic (exact) mass is 463 g/mol. The molecule has 156 valence electrons. The summed E-state index contributed by atoms with van der Waals surface area (Å²) in [6, 6.07) is 14.0. The fourth-order valence-corrected chi connectivity index (χ4v) is 4.10. The Labute approximate surface area is 188 Å². The first-order chi connectivity index (χ1) is 14.3. The highest BCUT2D eigenvalue weighted by Crippen LogP contribution is 2.30. The number of anilines is 1. The first-order valence-corrected chi connectivity index (χ1v) is 10.7. The second-order valence-corrected chi connectivity index (χ2v) is 8.36. The van der Waals surface area contributed by atoms with Gasteiger partial charge in [-0.2, -0.15) is 0 Å². The van der Waals surface area contributed by atoms with Gasteiger partial charge in [0.2, 0.25) is 5.91 Å². The lowest BCUT2D eigenvalue weighted by atomic mass is 10.2. The molecule has 2 aromatic carbocycles. The van der Waals surface area contributed by atoms with Crippen molar-refractivity contribution in [1.29, 1.82) is 0 Å². The first-order valence-electron chi connectivity index (χ1n) is 8.98. The molecule has 0 aliphatic carbocycles. The van der Waals surface area contributed by atoms with Gasteiger partial charge >= 0.3 is 0 Å². The topological polar surface area (TPSA) is 75.4 Å². The largest absolute Gasteiger partial charge is 0.360 e. The molecule has 3 rings (SSSR count). The van der Waals surface area contributed by atoms with Gasteiger partial charge in [0.1, 0.15) is 5.76 Å². The van der Waals surface area contributed by atoms with Crippen molar-refractivity contribution in [1.82, 2.24) is 10.1 Å². The van der Waals surface area contributed by atoms with Crippen LogP contribution in [0.25, 0.3) is 0 Å². The van der Waals surface area contributed by atoms with Gasteiger partial charge < -0.3 is 14.7 Å². The molecule has 30 heavy (non-hydrogen) atoms. The van der Waals surface area contributed by atoms with E-state index in [0.717, 1.165) is 16.3 Å². The summed E-state index contributed by atoms with van der Waals surface area (Å²) in [4.78, 5) is 27.5. The van der Waals surface area contributed by atoms with Gasteiger partial charge in [-0.1, -0.05) is 46.6 Å². The van der Waals surface area contributed by atoms with Gasteiger partial charge in [0.15, 0.2) is 0 Å². The van der Waals surface area contributed by atoms with Crippen molar-refractivity contribution in [3.8, 4) is 0 Å². The fraction of sp³-hybridized carbons (Fsp3) is 0.190. The molecule has 0 spiro atoms. The van der Waals surface area contributed by atoms with E-state index in [0.29, 0.717) is 27.0 Å². The van der Waals surface area contributed by atoms with Gasteiger partial charge in [-0.15, -0.1) is 11.8 Å². The summed E-state index contributed by atoms with van der Waals surface area (Å²) in [5, 5.41) is 7.18. The maximum absolute atomic E-state index is 12.9. The van der Waals surface area contributed by atoms with Crippen LogP contribution in [-0.2, 0) is 10.5 Å². The van der Waals surface area contributed by atoms with Crippen LogP contribution in [0.1, 0.15) is 21.8 Å². The Morgan fingerprint density at radius 3 is 2.50 bits per heavy atom. The minimum absolute atomic E-state index is 0.152. The van der Waals surface area contributed by atoms with E-state index >= 15 is 0 Å². The van der Waals surface area contributed by atoms with Gasteiger partial charge in [-0.25, -0.2) is 0 Å². The van der Waals surface area contributed by atoms with Gasteiger partial charge in [-0.3, -0.25) is 9.59 Å². The molecule has 6 nitrogen and oxygen atoms in total. The molecule has 0 atom stereocenters. The number of aryl methyl sites for hydroxylation is 1. The van der Waals surface area contributed by atoms with Crippen molar-refractivity contribution in [3.05, 3.63) is 75.6 Å². The molecule has 9 heteroatoms. The molecule has 0 saturated heterocycles. The maximum atomic E-state index is 12.9. The Bertz CT molecular complexity index is 1050. The highest BCUT2D eigenvalue weighted by atomic mass is 35.5. The third kappa shape index (κ3) is 5.56. The molecule has 2 amide bonds. The average Bonchev–Trinajstić information content (AvgIpc) is 3.14. The van der Waals surface area contributed by atoms with Crippen molar-refractivity contribution in [2.24, 2.45) is 0 Å². The molecule has 1 heterocycles. The number of likely N-dealkylation sites (N-methyl/N-ethyl adjacent to an activating group) is 1. The van der Waals surface area contributed by atoms with Crippen molar-refractivity contribution < 1.29 is 14.1 Å². The van der Waals surface area contributed by atoms with Crippen molar-refractivity contribution >= 4 is 52.5 Å². The van der Waals surface area contributed by atoms with E-state index in [-0.39, 0.29) is 12.5 Å². The number of hydrogen-bond donors (Lipinski definition) is 1. The van der Waals surface area contributed by atoms with Crippen LogP contribution in [-0.4, -0.2) is 35.5 Å². The number of benzene rings is 2. The number of hydrogen-bond acceptors (Lipinski definition) is 5. The standard InChI is InChI=1S/C21H19Cl2N3O3S/c1-13-10-14(29-25-13)12-30-18-9-4-3-6-15(18)21(28)26(2)11-19(27)24-20-16(22)7-5-8-17(20)23/h3-10H,11-12H2,1-2H3,(H,24,27). The lowest BCUT2D eigenvalue weighted by molar-refractivity contribution is -0.116. The Morgan fingerprint density at radius 2 is 1.83 bits per heavy atom. The Kier molecular flexibility index (Phi) is 7.42. The number of carbonyl (C=O) groups excluding carboxylic acids is 2. The van der Waals surface area contributed by atoms with Crippen molar-refractivity contribution in [2.45, 2.75) is 17.6 Å². The molecule has 0 bridgehead atoms. The third-order valence-electron chi connectivity index (χ3n) is 4.12. The van der Waals surface area contributed by atoms with Crippen LogP contribution < -0.4 is 5.32 Å². The Hall–Kier alpha value is -2.48. The van der Waals surface area contributed by atoms with Crippen LogP contribution in [0.15, 0.2) is 57.9 Å². The number of carbonyl (C=O) groups is 2. The number of amides is 2. The highest BCUT2D eigenvalue weighted by molar-refractivity contribution is 7.98. The summed E-state index contributed by atoms with van der Waals surface area (Å²) in [7, 11) is 1.57. The lowest BCUT2D eigenvalue weighted by Gasteiger charge is -2.19. The van der Waals surface area contributed by atoms with E-state index < -0.39 is 5.91 Å². The van der Waals surface area contributed by atoms with Crippen LogP contribution in [0.2, 0.25) is 10.0 Å². The zero-order chi connectivity index (χ0) is 21.7. The quantitative estimate of drug-likeness (QED) is 0.481. The molecule has 0 saturated carbocycles. The van der Waals surface area contributed by atoms with Crippen LogP contribution in [0.3, 0.4) is 0 Å². The van der Waals surface area contributed by atoms with Crippen LogP contribution in [0.4, 0.5) is 5.69 Å². The minimum Gasteiger partial charge on any atom is -0.360 e. The van der Waals surface area contributed by atoms with Gasteiger partial charge in [0, 0.05) is 18.0 Å². The summed E-state index contributed by atoms with van der Waals surface area (Å²) in [6.07, 6.45) is 0. The molecular weight excluding hydrogens is 445 g/mol. The molecule has 0 aliphatic heterocycles. The predicted molar refractivity (Wildman–Crippen MR) is 119 cm³/mol. The van der Waals surface area contributed by atoms with E-state index in [2.05, 4.69) is 10.5 Å². The Balaban J connectivity index is 1.66. The van der Waals surface area contributed by atoms with Gasteiger partial charge in [0.05, 0.1) is 39.3 Å². The highest BCUT2D eigenvalue weighted by Gasteiger charge is 2.19. The van der Waals surface area contributed by atoms with Gasteiger partial charge in [-0.05, 0) is 31.2 Å². The number of rotatable bonds is 7. The fourth-order valence-electron chi connectivity index (χ4n) is 2.69. The van der Waals surface area contributed by atoms with Crippen LogP contribution >= 0.6 is 35.0 Å². The predicted octanol–water partition coefficient (Wildman–Crippen LogP) is 5.29. The number of nitrogens with one attached hydrogen (secondary N) is 1. The van der Waals surface area contributed by atoms with E-state index in [1.807, 2.05) is 25.1 Å². The summed E-state index contributed by atoms with van der Waals surface area (Å²) >= 11 is 13.6. The van der Waals surface area contributed by atoms with E-state index in [4.69, 9.17) is 27.7 Å². The van der Waals surface area contributed by atoms with Crippen LogP contribution in [0.5, 0.6) is 0 Å². The second-order valence-electron chi connectivity index (χ2n) is 6.53. The van der Waals surface area contributed by atoms with Crippen LogP contribution in [0, 0.1) is 6.92 Å². The van der Waals surface area contributed by atoms with Crippen molar-refractivity contribution in [3.63, 3.8) is 0 Å². The number of para-hydroxylation sites is 1. The molecular formula is C21H19Cl2N3O3S. The lowest BCUT2D eigenvalue weighted by Crippen LogP contribution is -2.35. The maximum Gasteiger partial charge on any atom is 0.255 e. The first kappa shape index (κ1) is 22.2. The zero-order valence-electron chi connectivity index (χ0n) is 16.3. The molecule has 1 N–H and O–H groups in total. The summed E-state index contributed by atoms with van der Waals surface area (Å²) < 4.78 is 5.22. The third-order valence-corrected chi connectivity index (χ3v) is 5.84. The molecule has 0 unspecified atom stereocenters. The molecule has 0 aliphatic rings. The minimum atomic E-state index is -0.400. The van der Waals surface area contributed by atoms with E-state index in [1.54, 1.807) is 37.4 Å². The van der Waals surface area contributed by atoms with E-state index in [9.17, 15) is 9.59 Å². The summed E-state index contributed by atoms with van der Waals surface area (Å²) in [5.74, 6) is 0.597. The summed E-state index contributed by atoms with van der Waals surface area (Å²) in [6.45, 7) is 1.70. The molecule has 0 fully saturated rings. The normalized spacial score (nSPS) is 10.7. The number of nitrogens with zero attached hydrogens (tertiary/aromatic N) is 2. The smallest absolute Gasteiger partial charge is 0.255 e. The number of aromatic nitrogens is 1. The molecule has 1 aromatic heterocycles. The molecule has 0 radical (unpaired) electrons. The SMILES string of the molecule is Cc1cc(CSc2ccccc2C(=O)N(C)CC(=O)Nc2c(Cl)cccc2Cl)on1.